The number of nitro groups is 1. The number of nitrogens with one attached hydrogen (secondary N) is 1. The van der Waals surface area contributed by atoms with E-state index in [0.717, 1.165) is 25.1 Å². The van der Waals surface area contributed by atoms with Crippen LogP contribution in [0.2, 0.25) is 0 Å². The van der Waals surface area contributed by atoms with Crippen LogP contribution in [0, 0.1) is 10.1 Å². The fourth-order valence-electron chi connectivity index (χ4n) is 1.91. The molecule has 1 aliphatic heterocycles. The van der Waals surface area contributed by atoms with Gasteiger partial charge in [-0.25, -0.2) is 0 Å². The molecule has 1 heterocycles. The molecule has 1 aromatic rings. The van der Waals surface area contributed by atoms with Crippen molar-refractivity contribution in [1.29, 1.82) is 0 Å². The van der Waals surface area contributed by atoms with Crippen LogP contribution in [-0.2, 0) is 0 Å². The Morgan fingerprint density at radius 3 is 2.88 bits per heavy atom. The maximum absolute atomic E-state index is 10.8. The summed E-state index contributed by atoms with van der Waals surface area (Å²) in [6, 6.07) is 5.00. The van der Waals surface area contributed by atoms with Crippen molar-refractivity contribution in [2.24, 2.45) is 0 Å². The third kappa shape index (κ3) is 2.45. The van der Waals surface area contributed by atoms with Crippen molar-refractivity contribution in [1.82, 2.24) is 5.32 Å². The summed E-state index contributed by atoms with van der Waals surface area (Å²) in [5.41, 5.74) is 2.21. The van der Waals surface area contributed by atoms with E-state index < -0.39 is 4.92 Å². The van der Waals surface area contributed by atoms with Crippen LogP contribution in [-0.4, -0.2) is 25.1 Å². The van der Waals surface area contributed by atoms with E-state index in [1.807, 2.05) is 0 Å². The van der Waals surface area contributed by atoms with Gasteiger partial charge in [-0.05, 0) is 36.2 Å². The van der Waals surface area contributed by atoms with Crippen LogP contribution in [0.5, 0.6) is 5.75 Å². The molecule has 0 saturated heterocycles. The second-order valence-corrected chi connectivity index (χ2v) is 3.83. The monoisotopic (exact) mass is 234 g/mol. The molecule has 0 saturated carbocycles. The van der Waals surface area contributed by atoms with Gasteiger partial charge in [0.25, 0.3) is 0 Å². The van der Waals surface area contributed by atoms with Gasteiger partial charge < -0.3 is 10.1 Å². The zero-order valence-electron chi connectivity index (χ0n) is 9.60. The molecule has 0 bridgehead atoms. The van der Waals surface area contributed by atoms with Crippen molar-refractivity contribution in [3.8, 4) is 5.75 Å². The first-order chi connectivity index (χ1) is 8.22. The number of rotatable bonds is 3. The number of nitro benzene ring substituents is 1. The maximum atomic E-state index is 10.8. The highest BCUT2D eigenvalue weighted by molar-refractivity contribution is 5.69. The molecule has 0 amide bonds. The summed E-state index contributed by atoms with van der Waals surface area (Å²) in [4.78, 5) is 10.3. The van der Waals surface area contributed by atoms with Gasteiger partial charge in [-0.15, -0.1) is 0 Å². The minimum absolute atomic E-state index is 0.00536. The van der Waals surface area contributed by atoms with Crippen LogP contribution < -0.4 is 10.1 Å². The molecule has 90 valence electrons. The summed E-state index contributed by atoms with van der Waals surface area (Å²) in [6.07, 6.45) is 3.03. The minimum atomic E-state index is -0.431. The van der Waals surface area contributed by atoms with Crippen LogP contribution in [0.25, 0.3) is 5.57 Å². The Bertz CT molecular complexity index is 469. The molecule has 0 aliphatic carbocycles. The molecule has 5 heteroatoms. The van der Waals surface area contributed by atoms with Crippen LogP contribution in [0.3, 0.4) is 0 Å². The zero-order chi connectivity index (χ0) is 12.3. The minimum Gasteiger partial charge on any atom is -0.490 e. The highest BCUT2D eigenvalue weighted by atomic mass is 16.6. The fraction of sp³-hybridized carbons (Fsp3) is 0.333. The lowest BCUT2D eigenvalue weighted by atomic mass is 10.00. The van der Waals surface area contributed by atoms with E-state index in [-0.39, 0.29) is 5.69 Å². The van der Waals surface area contributed by atoms with Crippen LogP contribution in [0.4, 0.5) is 5.69 Å². The summed E-state index contributed by atoms with van der Waals surface area (Å²) >= 11 is 0. The van der Waals surface area contributed by atoms with Crippen molar-refractivity contribution in [2.45, 2.75) is 6.42 Å². The van der Waals surface area contributed by atoms with Gasteiger partial charge in [0.1, 0.15) is 0 Å². The third-order valence-corrected chi connectivity index (χ3v) is 2.81. The Hall–Kier alpha value is -1.88. The summed E-state index contributed by atoms with van der Waals surface area (Å²) in [5.74, 6) is 0.312. The Kier molecular flexibility index (Phi) is 3.39. The van der Waals surface area contributed by atoms with Gasteiger partial charge in [0.15, 0.2) is 5.75 Å². The average Bonchev–Trinajstić information content (AvgIpc) is 2.39. The lowest BCUT2D eigenvalue weighted by molar-refractivity contribution is -0.385. The van der Waals surface area contributed by atoms with Gasteiger partial charge in [-0.2, -0.15) is 0 Å². The number of hydrogen-bond acceptors (Lipinski definition) is 4. The van der Waals surface area contributed by atoms with Gasteiger partial charge in [-0.3, -0.25) is 10.1 Å². The SMILES string of the molecule is COc1cc(C2=CCNCC2)ccc1[N+](=O)[O-]. The molecule has 17 heavy (non-hydrogen) atoms. The van der Waals surface area contributed by atoms with Crippen molar-refractivity contribution >= 4 is 11.3 Å². The van der Waals surface area contributed by atoms with E-state index in [2.05, 4.69) is 11.4 Å². The van der Waals surface area contributed by atoms with Gasteiger partial charge in [-0.1, -0.05) is 6.08 Å². The van der Waals surface area contributed by atoms with Crippen LogP contribution in [0.1, 0.15) is 12.0 Å². The summed E-state index contributed by atoms with van der Waals surface area (Å²) in [6.45, 7) is 1.78. The Balaban J connectivity index is 2.37. The molecule has 1 aliphatic rings. The van der Waals surface area contributed by atoms with E-state index in [9.17, 15) is 10.1 Å². The van der Waals surface area contributed by atoms with Gasteiger partial charge in [0.2, 0.25) is 0 Å². The molecule has 0 unspecified atom stereocenters. The van der Waals surface area contributed by atoms with E-state index in [1.165, 1.54) is 18.7 Å². The molecule has 0 fully saturated rings. The topological polar surface area (TPSA) is 64.4 Å². The standard InChI is InChI=1S/C12H14N2O3/c1-17-12-8-10(2-3-11(12)14(15)16)9-4-6-13-7-5-9/h2-4,8,13H,5-7H2,1H3. The largest absolute Gasteiger partial charge is 0.490 e. The maximum Gasteiger partial charge on any atom is 0.310 e. The van der Waals surface area contributed by atoms with Crippen molar-refractivity contribution < 1.29 is 9.66 Å². The lowest BCUT2D eigenvalue weighted by Crippen LogP contribution is -2.20. The summed E-state index contributed by atoms with van der Waals surface area (Å²) in [7, 11) is 1.45. The predicted molar refractivity (Wildman–Crippen MR) is 65.1 cm³/mol. The van der Waals surface area contributed by atoms with E-state index >= 15 is 0 Å². The van der Waals surface area contributed by atoms with E-state index in [0.29, 0.717) is 5.75 Å². The van der Waals surface area contributed by atoms with Gasteiger partial charge in [0, 0.05) is 12.6 Å². The number of ether oxygens (including phenoxy) is 1. The first-order valence-corrected chi connectivity index (χ1v) is 5.45. The average molecular weight is 234 g/mol. The first kappa shape index (κ1) is 11.6. The highest BCUT2D eigenvalue weighted by Crippen LogP contribution is 2.31. The number of benzene rings is 1. The highest BCUT2D eigenvalue weighted by Gasteiger charge is 2.16. The quantitative estimate of drug-likeness (QED) is 0.641. The van der Waals surface area contributed by atoms with Crippen LogP contribution >= 0.6 is 0 Å². The molecule has 0 spiro atoms. The zero-order valence-corrected chi connectivity index (χ0v) is 9.60. The van der Waals surface area contributed by atoms with E-state index in [1.54, 1.807) is 12.1 Å². The molecule has 0 radical (unpaired) electrons. The van der Waals surface area contributed by atoms with Gasteiger partial charge >= 0.3 is 5.69 Å². The normalized spacial score (nSPS) is 15.2. The van der Waals surface area contributed by atoms with E-state index in [4.69, 9.17) is 4.74 Å². The molecule has 1 N–H and O–H groups in total. The summed E-state index contributed by atoms with van der Waals surface area (Å²) < 4.78 is 5.05. The Labute approximate surface area is 99.2 Å². The molecule has 1 aromatic carbocycles. The molecular formula is C12H14N2O3. The predicted octanol–water partition coefficient (Wildman–Crippen LogP) is 1.98. The van der Waals surface area contributed by atoms with Gasteiger partial charge in [0.05, 0.1) is 12.0 Å². The smallest absolute Gasteiger partial charge is 0.310 e. The molecule has 5 nitrogen and oxygen atoms in total. The Morgan fingerprint density at radius 1 is 1.47 bits per heavy atom. The Morgan fingerprint density at radius 2 is 2.29 bits per heavy atom. The van der Waals surface area contributed by atoms with Crippen LogP contribution in [0.15, 0.2) is 24.3 Å². The van der Waals surface area contributed by atoms with Crippen molar-refractivity contribution in [3.05, 3.63) is 40.0 Å². The molecule has 0 aromatic heterocycles. The second kappa shape index (κ2) is 4.97. The second-order valence-electron chi connectivity index (χ2n) is 3.83. The lowest BCUT2D eigenvalue weighted by Gasteiger charge is -2.14. The molecule has 2 rings (SSSR count). The summed E-state index contributed by atoms with van der Waals surface area (Å²) in [5, 5.41) is 14.0. The number of hydrogen-bond donors (Lipinski definition) is 1. The molecule has 0 atom stereocenters. The number of methoxy groups -OCH3 is 1. The third-order valence-electron chi connectivity index (χ3n) is 2.81. The first-order valence-electron chi connectivity index (χ1n) is 5.45. The molecular weight excluding hydrogens is 220 g/mol. The number of nitrogens with zero attached hydrogens (tertiary/aromatic N) is 1. The van der Waals surface area contributed by atoms with Crippen molar-refractivity contribution in [2.75, 3.05) is 20.2 Å². The fourth-order valence-corrected chi connectivity index (χ4v) is 1.91. The van der Waals surface area contributed by atoms with Crippen molar-refractivity contribution in [3.63, 3.8) is 0 Å².